The molecule has 1 aromatic rings. The normalized spacial score (nSPS) is 26.6. The standard InChI is InChI=1S/C19H24BrN3O3/c1-12(20)10-22-6-7-23(16(24)11-22)17-14-8-13(9-21)4-5-15(14)26-19(2,3)18(17)25/h4-5,8,12,17-18,25H,6-7,10-11H2,1-3H3/t12?,17-,18+/m1/s1. The Morgan fingerprint density at radius 2 is 2.19 bits per heavy atom. The molecule has 26 heavy (non-hydrogen) atoms. The minimum absolute atomic E-state index is 0.0144. The SMILES string of the molecule is CC(Br)CN1CCN([C@@H]2c3cc(C#N)ccc3OC(C)(C)[C@H]2O)C(=O)C1. The van der Waals surface area contributed by atoms with Crippen LogP contribution in [0.5, 0.6) is 5.75 Å². The Morgan fingerprint density at radius 3 is 2.81 bits per heavy atom. The number of amides is 1. The Morgan fingerprint density at radius 1 is 1.46 bits per heavy atom. The van der Waals surface area contributed by atoms with E-state index >= 15 is 0 Å². The highest BCUT2D eigenvalue weighted by molar-refractivity contribution is 9.09. The van der Waals surface area contributed by atoms with Gasteiger partial charge in [-0.2, -0.15) is 5.26 Å². The van der Waals surface area contributed by atoms with Gasteiger partial charge in [-0.1, -0.05) is 22.9 Å². The van der Waals surface area contributed by atoms with E-state index < -0.39 is 17.7 Å². The summed E-state index contributed by atoms with van der Waals surface area (Å²) in [5.41, 5.74) is 0.364. The third kappa shape index (κ3) is 3.59. The number of nitrogens with zero attached hydrogens (tertiary/aromatic N) is 3. The van der Waals surface area contributed by atoms with Crippen molar-refractivity contribution in [1.82, 2.24) is 9.80 Å². The van der Waals surface area contributed by atoms with Gasteiger partial charge in [0.15, 0.2) is 0 Å². The number of carbonyl (C=O) groups is 1. The molecule has 1 aromatic carbocycles. The maximum Gasteiger partial charge on any atom is 0.237 e. The number of hydrogen-bond acceptors (Lipinski definition) is 5. The number of aliphatic hydroxyl groups is 1. The molecule has 2 heterocycles. The van der Waals surface area contributed by atoms with Crippen molar-refractivity contribution in [1.29, 1.82) is 5.26 Å². The Kier molecular flexibility index (Phi) is 5.29. The van der Waals surface area contributed by atoms with Crippen molar-refractivity contribution in [2.75, 3.05) is 26.2 Å². The van der Waals surface area contributed by atoms with Crippen molar-refractivity contribution in [3.8, 4) is 11.8 Å². The smallest absolute Gasteiger partial charge is 0.237 e. The van der Waals surface area contributed by atoms with Crippen molar-refractivity contribution < 1.29 is 14.6 Å². The fraction of sp³-hybridized carbons (Fsp3) is 0.579. The molecule has 0 bridgehead atoms. The van der Waals surface area contributed by atoms with Crippen molar-refractivity contribution in [3.05, 3.63) is 29.3 Å². The van der Waals surface area contributed by atoms with Crippen molar-refractivity contribution in [3.63, 3.8) is 0 Å². The van der Waals surface area contributed by atoms with Gasteiger partial charge in [0.2, 0.25) is 5.91 Å². The highest BCUT2D eigenvalue weighted by Crippen LogP contribution is 2.43. The third-order valence-corrected chi connectivity index (χ3v) is 5.31. The Bertz CT molecular complexity index is 744. The molecule has 1 fully saturated rings. The van der Waals surface area contributed by atoms with E-state index in [1.807, 2.05) is 13.8 Å². The van der Waals surface area contributed by atoms with Crippen LogP contribution in [0.15, 0.2) is 18.2 Å². The van der Waals surface area contributed by atoms with Crippen LogP contribution in [0.4, 0.5) is 0 Å². The summed E-state index contributed by atoms with van der Waals surface area (Å²) >= 11 is 3.53. The summed E-state index contributed by atoms with van der Waals surface area (Å²) in [6, 6.07) is 6.77. The number of aliphatic hydroxyl groups excluding tert-OH is 1. The van der Waals surface area contributed by atoms with E-state index in [9.17, 15) is 15.2 Å². The number of halogens is 1. The van der Waals surface area contributed by atoms with Crippen LogP contribution in [0, 0.1) is 11.3 Å². The number of carbonyl (C=O) groups excluding carboxylic acids is 1. The minimum Gasteiger partial charge on any atom is -0.485 e. The predicted octanol–water partition coefficient (Wildman–Crippen LogP) is 2.06. The maximum absolute atomic E-state index is 12.9. The molecule has 0 spiro atoms. The van der Waals surface area contributed by atoms with Crippen LogP contribution in [-0.4, -0.2) is 63.5 Å². The van der Waals surface area contributed by atoms with E-state index in [0.717, 1.165) is 13.1 Å². The fourth-order valence-electron chi connectivity index (χ4n) is 3.72. The van der Waals surface area contributed by atoms with Gasteiger partial charge in [-0.3, -0.25) is 9.69 Å². The molecule has 6 nitrogen and oxygen atoms in total. The molecule has 1 saturated heterocycles. The zero-order chi connectivity index (χ0) is 19.1. The summed E-state index contributed by atoms with van der Waals surface area (Å²) in [6.45, 7) is 8.11. The maximum atomic E-state index is 12.9. The molecule has 0 aliphatic carbocycles. The molecule has 1 amide bonds. The first-order valence-corrected chi connectivity index (χ1v) is 9.71. The van der Waals surface area contributed by atoms with Gasteiger partial charge in [-0.15, -0.1) is 0 Å². The number of piperazine rings is 1. The molecule has 3 rings (SSSR count). The molecule has 3 atom stereocenters. The summed E-state index contributed by atoms with van der Waals surface area (Å²) in [5, 5.41) is 20.2. The van der Waals surface area contributed by atoms with Crippen LogP contribution in [0.2, 0.25) is 0 Å². The number of benzene rings is 1. The number of hydrogen-bond donors (Lipinski definition) is 1. The minimum atomic E-state index is -0.880. The first-order valence-electron chi connectivity index (χ1n) is 8.80. The van der Waals surface area contributed by atoms with Gasteiger partial charge in [0.05, 0.1) is 24.2 Å². The fourth-order valence-corrected chi connectivity index (χ4v) is 4.12. The molecule has 1 unspecified atom stereocenters. The van der Waals surface area contributed by atoms with E-state index in [2.05, 4.69) is 33.8 Å². The van der Waals surface area contributed by atoms with Gasteiger partial charge in [0.1, 0.15) is 17.5 Å². The highest BCUT2D eigenvalue weighted by Gasteiger charge is 2.47. The van der Waals surface area contributed by atoms with E-state index in [4.69, 9.17) is 4.74 Å². The average Bonchev–Trinajstić information content (AvgIpc) is 2.56. The molecule has 0 radical (unpaired) electrons. The molecule has 2 aliphatic rings. The van der Waals surface area contributed by atoms with E-state index in [-0.39, 0.29) is 5.91 Å². The molecule has 2 aliphatic heterocycles. The molecular formula is C19H24BrN3O3. The van der Waals surface area contributed by atoms with Gasteiger partial charge in [-0.25, -0.2) is 0 Å². The van der Waals surface area contributed by atoms with Crippen LogP contribution in [-0.2, 0) is 4.79 Å². The molecule has 140 valence electrons. The Hall–Kier alpha value is -1.62. The van der Waals surface area contributed by atoms with Gasteiger partial charge in [0, 0.05) is 30.0 Å². The van der Waals surface area contributed by atoms with Gasteiger partial charge >= 0.3 is 0 Å². The van der Waals surface area contributed by atoms with Crippen LogP contribution in [0.1, 0.15) is 37.9 Å². The Labute approximate surface area is 162 Å². The van der Waals surface area contributed by atoms with E-state index in [0.29, 0.717) is 34.8 Å². The summed E-state index contributed by atoms with van der Waals surface area (Å²) in [6.07, 6.45) is -0.880. The van der Waals surface area contributed by atoms with Crippen LogP contribution < -0.4 is 4.74 Å². The number of nitriles is 1. The first kappa shape index (κ1) is 19.2. The second-order valence-electron chi connectivity index (χ2n) is 7.56. The lowest BCUT2D eigenvalue weighted by molar-refractivity contribution is -0.150. The quantitative estimate of drug-likeness (QED) is 0.755. The third-order valence-electron chi connectivity index (χ3n) is 5.02. The number of ether oxygens (including phenoxy) is 1. The zero-order valence-electron chi connectivity index (χ0n) is 15.3. The van der Waals surface area contributed by atoms with Crippen LogP contribution >= 0.6 is 15.9 Å². The lowest BCUT2D eigenvalue weighted by Crippen LogP contribution is -2.59. The first-order chi connectivity index (χ1) is 12.2. The van der Waals surface area contributed by atoms with Crippen LogP contribution in [0.25, 0.3) is 0 Å². The molecule has 1 N–H and O–H groups in total. The van der Waals surface area contributed by atoms with E-state index in [1.165, 1.54) is 0 Å². The number of rotatable bonds is 3. The molecule has 7 heteroatoms. The van der Waals surface area contributed by atoms with Gasteiger partial charge in [0.25, 0.3) is 0 Å². The lowest BCUT2D eigenvalue weighted by atomic mass is 9.84. The van der Waals surface area contributed by atoms with Gasteiger partial charge < -0.3 is 14.7 Å². The summed E-state index contributed by atoms with van der Waals surface area (Å²) in [5.74, 6) is 0.605. The number of fused-ring (bicyclic) bond motifs is 1. The zero-order valence-corrected chi connectivity index (χ0v) is 16.9. The predicted molar refractivity (Wildman–Crippen MR) is 101 cm³/mol. The molecule has 0 saturated carbocycles. The van der Waals surface area contributed by atoms with Crippen molar-refractivity contribution in [2.24, 2.45) is 0 Å². The Balaban J connectivity index is 1.93. The molecule has 0 aromatic heterocycles. The second kappa shape index (κ2) is 7.18. The topological polar surface area (TPSA) is 76.8 Å². The van der Waals surface area contributed by atoms with Crippen molar-refractivity contribution in [2.45, 2.75) is 43.3 Å². The molecular weight excluding hydrogens is 398 g/mol. The largest absolute Gasteiger partial charge is 0.485 e. The summed E-state index contributed by atoms with van der Waals surface area (Å²) in [4.78, 5) is 17.0. The van der Waals surface area contributed by atoms with Gasteiger partial charge in [-0.05, 0) is 32.0 Å². The van der Waals surface area contributed by atoms with Crippen LogP contribution in [0.3, 0.4) is 0 Å². The second-order valence-corrected chi connectivity index (χ2v) is 9.13. The number of alkyl halides is 1. The lowest BCUT2D eigenvalue weighted by Gasteiger charge is -2.48. The average molecular weight is 422 g/mol. The highest BCUT2D eigenvalue weighted by atomic mass is 79.9. The summed E-state index contributed by atoms with van der Waals surface area (Å²) in [7, 11) is 0. The monoisotopic (exact) mass is 421 g/mol. The summed E-state index contributed by atoms with van der Waals surface area (Å²) < 4.78 is 5.95. The van der Waals surface area contributed by atoms with Crippen molar-refractivity contribution >= 4 is 21.8 Å². The van der Waals surface area contributed by atoms with E-state index in [1.54, 1.807) is 23.1 Å².